The third kappa shape index (κ3) is 4.93. The summed E-state index contributed by atoms with van der Waals surface area (Å²) in [5.41, 5.74) is 2.43. The second kappa shape index (κ2) is 10.1. The van der Waals surface area contributed by atoms with E-state index in [2.05, 4.69) is 10.2 Å². The summed E-state index contributed by atoms with van der Waals surface area (Å²) in [6.45, 7) is 6.87. The third-order valence-corrected chi connectivity index (χ3v) is 5.75. The summed E-state index contributed by atoms with van der Waals surface area (Å²) in [5, 5.41) is 2.94. The highest BCUT2D eigenvalue weighted by molar-refractivity contribution is 5.96. The average Bonchev–Trinajstić information content (AvgIpc) is 2.80. The van der Waals surface area contributed by atoms with Crippen molar-refractivity contribution < 1.29 is 14.3 Å². The molecule has 0 aromatic heterocycles. The summed E-state index contributed by atoms with van der Waals surface area (Å²) in [4.78, 5) is 29.3. The summed E-state index contributed by atoms with van der Waals surface area (Å²) in [6.07, 6.45) is 1.64. The molecule has 6 nitrogen and oxygen atoms in total. The van der Waals surface area contributed by atoms with Gasteiger partial charge in [-0.2, -0.15) is 0 Å². The van der Waals surface area contributed by atoms with Crippen molar-refractivity contribution in [2.45, 2.75) is 26.7 Å². The third-order valence-electron chi connectivity index (χ3n) is 5.75. The topological polar surface area (TPSA) is 61.9 Å². The first kappa shape index (κ1) is 21.7. The van der Waals surface area contributed by atoms with Gasteiger partial charge >= 0.3 is 0 Å². The fourth-order valence-corrected chi connectivity index (χ4v) is 3.82. The van der Waals surface area contributed by atoms with Gasteiger partial charge in [-0.05, 0) is 49.2 Å². The first-order valence-electron chi connectivity index (χ1n) is 10.7. The molecule has 1 N–H and O–H groups in total. The van der Waals surface area contributed by atoms with E-state index in [4.69, 9.17) is 4.74 Å². The fourth-order valence-electron chi connectivity index (χ4n) is 3.82. The minimum absolute atomic E-state index is 0.0193. The predicted octanol–water partition coefficient (Wildman–Crippen LogP) is 4.03. The van der Waals surface area contributed by atoms with Crippen LogP contribution in [0, 0.1) is 5.92 Å². The van der Waals surface area contributed by atoms with E-state index in [-0.39, 0.29) is 17.7 Å². The predicted molar refractivity (Wildman–Crippen MR) is 120 cm³/mol. The summed E-state index contributed by atoms with van der Waals surface area (Å²) in [7, 11) is 1.68. The van der Waals surface area contributed by atoms with Crippen LogP contribution in [0.1, 0.15) is 37.0 Å². The Hall–Kier alpha value is -3.02. The first-order chi connectivity index (χ1) is 14.6. The van der Waals surface area contributed by atoms with Crippen LogP contribution in [0.2, 0.25) is 0 Å². The van der Waals surface area contributed by atoms with Gasteiger partial charge in [-0.1, -0.05) is 26.0 Å². The number of amides is 2. The van der Waals surface area contributed by atoms with Crippen molar-refractivity contribution in [2.24, 2.45) is 5.92 Å². The van der Waals surface area contributed by atoms with Gasteiger partial charge < -0.3 is 19.9 Å². The number of methoxy groups -OCH3 is 1. The standard InChI is InChI=1S/C24H31N3O3/c1-4-18(5-2)23(28)25-20-12-10-19(11-13-20)24(29)27-16-14-26(15-17-27)21-8-6-7-9-22(21)30-3/h6-13,18H,4-5,14-17H2,1-3H3,(H,25,28). The van der Waals surface area contributed by atoms with Gasteiger partial charge in [0.15, 0.2) is 0 Å². The zero-order valence-corrected chi connectivity index (χ0v) is 18.1. The van der Waals surface area contributed by atoms with Crippen LogP contribution in [0.3, 0.4) is 0 Å². The highest BCUT2D eigenvalue weighted by atomic mass is 16.5. The van der Waals surface area contributed by atoms with Crippen molar-refractivity contribution in [1.82, 2.24) is 4.90 Å². The molecule has 1 fully saturated rings. The van der Waals surface area contributed by atoms with E-state index >= 15 is 0 Å². The molecule has 1 heterocycles. The molecule has 0 spiro atoms. The summed E-state index contributed by atoms with van der Waals surface area (Å²) < 4.78 is 5.46. The molecule has 2 aromatic rings. The first-order valence-corrected chi connectivity index (χ1v) is 10.7. The van der Waals surface area contributed by atoms with Crippen molar-refractivity contribution in [3.8, 4) is 5.75 Å². The maximum Gasteiger partial charge on any atom is 0.253 e. The number of piperazine rings is 1. The minimum Gasteiger partial charge on any atom is -0.495 e. The van der Waals surface area contributed by atoms with E-state index in [9.17, 15) is 9.59 Å². The lowest BCUT2D eigenvalue weighted by Crippen LogP contribution is -2.48. The van der Waals surface area contributed by atoms with E-state index in [1.165, 1.54) is 0 Å². The molecule has 160 valence electrons. The maximum absolute atomic E-state index is 12.9. The Morgan fingerprint density at radius 2 is 1.60 bits per heavy atom. The number of carbonyl (C=O) groups is 2. The number of hydrogen-bond donors (Lipinski definition) is 1. The lowest BCUT2D eigenvalue weighted by molar-refractivity contribution is -0.120. The molecule has 0 atom stereocenters. The molecule has 6 heteroatoms. The monoisotopic (exact) mass is 409 g/mol. The van der Waals surface area contributed by atoms with Crippen LogP contribution < -0.4 is 15.0 Å². The molecule has 0 aliphatic carbocycles. The normalized spacial score (nSPS) is 14.0. The molecule has 0 unspecified atom stereocenters. The number of ether oxygens (including phenoxy) is 1. The Morgan fingerprint density at radius 1 is 0.967 bits per heavy atom. The van der Waals surface area contributed by atoms with Gasteiger partial charge in [-0.3, -0.25) is 9.59 Å². The Balaban J connectivity index is 1.58. The van der Waals surface area contributed by atoms with Gasteiger partial charge in [0.2, 0.25) is 5.91 Å². The average molecular weight is 410 g/mol. The minimum atomic E-state index is 0.0193. The lowest BCUT2D eigenvalue weighted by Gasteiger charge is -2.36. The maximum atomic E-state index is 12.9. The molecule has 0 saturated carbocycles. The molecular weight excluding hydrogens is 378 g/mol. The summed E-state index contributed by atoms with van der Waals surface area (Å²) in [5.74, 6) is 0.924. The molecule has 1 aliphatic rings. The summed E-state index contributed by atoms with van der Waals surface area (Å²) in [6, 6.07) is 15.1. The number of nitrogens with zero attached hydrogens (tertiary/aromatic N) is 2. The molecular formula is C24H31N3O3. The molecule has 3 rings (SSSR count). The number of para-hydroxylation sites is 2. The number of rotatable bonds is 7. The van der Waals surface area contributed by atoms with Crippen LogP contribution in [0.15, 0.2) is 48.5 Å². The van der Waals surface area contributed by atoms with Crippen LogP contribution in [0.5, 0.6) is 5.75 Å². The number of nitrogens with one attached hydrogen (secondary N) is 1. The Morgan fingerprint density at radius 3 is 2.20 bits per heavy atom. The van der Waals surface area contributed by atoms with Crippen molar-refractivity contribution in [3.63, 3.8) is 0 Å². The van der Waals surface area contributed by atoms with Crippen molar-refractivity contribution in [1.29, 1.82) is 0 Å². The van der Waals surface area contributed by atoms with E-state index < -0.39 is 0 Å². The van der Waals surface area contributed by atoms with Gasteiger partial charge in [0.25, 0.3) is 5.91 Å². The van der Waals surface area contributed by atoms with E-state index in [0.29, 0.717) is 18.7 Å². The lowest BCUT2D eigenvalue weighted by atomic mass is 10.0. The molecule has 2 amide bonds. The SMILES string of the molecule is CCC(CC)C(=O)Nc1ccc(C(=O)N2CCN(c3ccccc3OC)CC2)cc1. The summed E-state index contributed by atoms with van der Waals surface area (Å²) >= 11 is 0. The van der Waals surface area contributed by atoms with Crippen LogP contribution in [0.25, 0.3) is 0 Å². The molecule has 1 aliphatic heterocycles. The Bertz CT molecular complexity index is 854. The molecule has 0 radical (unpaired) electrons. The van der Waals surface area contributed by atoms with Crippen molar-refractivity contribution in [3.05, 3.63) is 54.1 Å². The largest absolute Gasteiger partial charge is 0.495 e. The van der Waals surface area contributed by atoms with Crippen LogP contribution in [0.4, 0.5) is 11.4 Å². The van der Waals surface area contributed by atoms with Crippen LogP contribution in [-0.4, -0.2) is 50.0 Å². The van der Waals surface area contributed by atoms with Gasteiger partial charge in [0.05, 0.1) is 12.8 Å². The zero-order chi connectivity index (χ0) is 21.5. The number of hydrogen-bond acceptors (Lipinski definition) is 4. The highest BCUT2D eigenvalue weighted by Crippen LogP contribution is 2.28. The second-order valence-corrected chi connectivity index (χ2v) is 7.53. The molecule has 2 aromatic carbocycles. The van der Waals surface area contributed by atoms with E-state index in [0.717, 1.165) is 43.1 Å². The Kier molecular flexibility index (Phi) is 7.33. The van der Waals surface area contributed by atoms with Crippen molar-refractivity contribution in [2.75, 3.05) is 43.5 Å². The van der Waals surface area contributed by atoms with E-state index in [1.807, 2.05) is 43.0 Å². The van der Waals surface area contributed by atoms with Gasteiger partial charge in [-0.15, -0.1) is 0 Å². The number of benzene rings is 2. The van der Waals surface area contributed by atoms with Crippen LogP contribution >= 0.6 is 0 Å². The van der Waals surface area contributed by atoms with Crippen molar-refractivity contribution >= 4 is 23.2 Å². The second-order valence-electron chi connectivity index (χ2n) is 7.53. The smallest absolute Gasteiger partial charge is 0.253 e. The highest BCUT2D eigenvalue weighted by Gasteiger charge is 2.24. The number of carbonyl (C=O) groups excluding carboxylic acids is 2. The molecule has 1 saturated heterocycles. The molecule has 0 bridgehead atoms. The van der Waals surface area contributed by atoms with Gasteiger partial charge in [-0.25, -0.2) is 0 Å². The van der Waals surface area contributed by atoms with Gasteiger partial charge in [0.1, 0.15) is 5.75 Å². The molecule has 30 heavy (non-hydrogen) atoms. The quantitative estimate of drug-likeness (QED) is 0.750. The van der Waals surface area contributed by atoms with Crippen LogP contribution in [-0.2, 0) is 4.79 Å². The van der Waals surface area contributed by atoms with Gasteiger partial charge in [0, 0.05) is 43.3 Å². The zero-order valence-electron chi connectivity index (χ0n) is 18.1. The van der Waals surface area contributed by atoms with E-state index in [1.54, 1.807) is 31.4 Å². The fraction of sp³-hybridized carbons (Fsp3) is 0.417. The Labute approximate surface area is 178 Å². The number of anilines is 2.